The van der Waals surface area contributed by atoms with E-state index in [1.54, 1.807) is 6.92 Å². The van der Waals surface area contributed by atoms with Gasteiger partial charge in [0.15, 0.2) is 0 Å². The molecule has 0 aliphatic heterocycles. The molecule has 3 rings (SSSR count). The predicted molar refractivity (Wildman–Crippen MR) is 112 cm³/mol. The van der Waals surface area contributed by atoms with Crippen LogP contribution in [-0.4, -0.2) is 14.0 Å². The molecule has 3 aromatic rings. The summed E-state index contributed by atoms with van der Waals surface area (Å²) in [6.07, 6.45) is 0. The van der Waals surface area contributed by atoms with Gasteiger partial charge in [-0.25, -0.2) is 0 Å². The number of benzene rings is 3. The lowest BCUT2D eigenvalue weighted by atomic mass is 10.1. The Balaban J connectivity index is 2.05. The molecule has 0 bridgehead atoms. The first-order chi connectivity index (χ1) is 12.6. The van der Waals surface area contributed by atoms with Crippen LogP contribution < -0.4 is 15.7 Å². The van der Waals surface area contributed by atoms with E-state index in [9.17, 15) is 4.79 Å². The first kappa shape index (κ1) is 18.1. The van der Waals surface area contributed by atoms with Crippen LogP contribution in [0.3, 0.4) is 0 Å². The topological polar surface area (TPSA) is 29.1 Å². The zero-order chi connectivity index (χ0) is 18.4. The molecular weight excluding hydrogens is 334 g/mol. The number of rotatable bonds is 6. The quantitative estimate of drug-likeness (QED) is 0.667. The van der Waals surface area contributed by atoms with Gasteiger partial charge in [0.1, 0.15) is 8.07 Å². The Labute approximate surface area is 156 Å². The minimum Gasteiger partial charge on any atom is -0.350 e. The zero-order valence-corrected chi connectivity index (χ0v) is 16.4. The van der Waals surface area contributed by atoms with Gasteiger partial charge < -0.3 is 5.32 Å². The van der Waals surface area contributed by atoms with Crippen LogP contribution in [0.25, 0.3) is 0 Å². The molecule has 0 aromatic heterocycles. The van der Waals surface area contributed by atoms with Gasteiger partial charge in [0.2, 0.25) is 5.91 Å². The van der Waals surface area contributed by atoms with Gasteiger partial charge in [-0.05, 0) is 11.6 Å². The molecular formula is C23H25NOSi. The molecule has 1 N–H and O–H groups in total. The molecule has 2 nitrogen and oxygen atoms in total. The fourth-order valence-electron chi connectivity index (χ4n) is 3.61. The Kier molecular flexibility index (Phi) is 5.69. The Morgan fingerprint density at radius 2 is 1.23 bits per heavy atom. The predicted octanol–water partition coefficient (Wildman–Crippen LogP) is 3.76. The van der Waals surface area contributed by atoms with E-state index in [4.69, 9.17) is 0 Å². The van der Waals surface area contributed by atoms with Crippen LogP contribution in [0.4, 0.5) is 0 Å². The fourth-order valence-corrected chi connectivity index (χ4v) is 7.42. The maximum Gasteiger partial charge on any atom is 0.217 e. The molecule has 0 radical (unpaired) electrons. The molecule has 1 unspecified atom stereocenters. The summed E-state index contributed by atoms with van der Waals surface area (Å²) in [5.41, 5.74) is 1.16. The molecule has 0 saturated carbocycles. The van der Waals surface area contributed by atoms with E-state index in [0.29, 0.717) is 0 Å². The zero-order valence-electron chi connectivity index (χ0n) is 15.4. The average Bonchev–Trinajstić information content (AvgIpc) is 2.69. The monoisotopic (exact) mass is 359 g/mol. The van der Waals surface area contributed by atoms with Crippen LogP contribution in [0, 0.1) is 0 Å². The highest BCUT2D eigenvalue weighted by molar-refractivity contribution is 7.01. The van der Waals surface area contributed by atoms with Gasteiger partial charge in [0.05, 0.1) is 6.04 Å². The van der Waals surface area contributed by atoms with Crippen LogP contribution in [0.1, 0.15) is 18.5 Å². The van der Waals surface area contributed by atoms with Gasteiger partial charge in [-0.1, -0.05) is 108 Å². The van der Waals surface area contributed by atoms with Crippen LogP contribution >= 0.6 is 0 Å². The molecule has 26 heavy (non-hydrogen) atoms. The number of nitrogens with one attached hydrogen (secondary N) is 1. The molecule has 0 saturated heterocycles. The summed E-state index contributed by atoms with van der Waals surface area (Å²) in [7, 11) is -2.03. The first-order valence-corrected chi connectivity index (χ1v) is 11.7. The third kappa shape index (κ3) is 4.11. The SMILES string of the molecule is CC(=O)NC(C[Si](C)(c1ccccc1)c1ccccc1)c1ccccc1. The van der Waals surface area contributed by atoms with E-state index in [2.05, 4.69) is 84.7 Å². The van der Waals surface area contributed by atoms with Crippen molar-refractivity contribution < 1.29 is 4.79 Å². The second-order valence-corrected chi connectivity index (χ2v) is 11.2. The van der Waals surface area contributed by atoms with Gasteiger partial charge in [-0.3, -0.25) is 4.79 Å². The Morgan fingerprint density at radius 1 is 0.808 bits per heavy atom. The molecule has 0 aliphatic carbocycles. The summed E-state index contributed by atoms with van der Waals surface area (Å²) in [5, 5.41) is 5.96. The van der Waals surface area contributed by atoms with Crippen molar-refractivity contribution in [1.29, 1.82) is 0 Å². The lowest BCUT2D eigenvalue weighted by Crippen LogP contribution is -2.57. The van der Waals surface area contributed by atoms with E-state index in [-0.39, 0.29) is 11.9 Å². The summed E-state index contributed by atoms with van der Waals surface area (Å²) in [4.78, 5) is 11.9. The highest BCUT2D eigenvalue weighted by Crippen LogP contribution is 2.25. The Hall–Kier alpha value is -2.65. The van der Waals surface area contributed by atoms with E-state index >= 15 is 0 Å². The van der Waals surface area contributed by atoms with Gasteiger partial charge in [0, 0.05) is 6.92 Å². The lowest BCUT2D eigenvalue weighted by molar-refractivity contribution is -0.119. The van der Waals surface area contributed by atoms with E-state index in [0.717, 1.165) is 11.6 Å². The Bertz CT molecular complexity index is 794. The maximum atomic E-state index is 11.9. The third-order valence-corrected chi connectivity index (χ3v) is 9.45. The molecule has 0 fully saturated rings. The molecule has 0 spiro atoms. The van der Waals surface area contributed by atoms with Crippen LogP contribution in [-0.2, 0) is 4.79 Å². The number of carbonyl (C=O) groups is 1. The maximum absolute atomic E-state index is 11.9. The first-order valence-electron chi connectivity index (χ1n) is 9.03. The summed E-state index contributed by atoms with van der Waals surface area (Å²) in [5.74, 6) is 0.0105. The summed E-state index contributed by atoms with van der Waals surface area (Å²) < 4.78 is 0. The summed E-state index contributed by atoms with van der Waals surface area (Å²) >= 11 is 0. The summed E-state index contributed by atoms with van der Waals surface area (Å²) in [6.45, 7) is 4.00. The van der Waals surface area contributed by atoms with Crippen molar-refractivity contribution in [3.63, 3.8) is 0 Å². The van der Waals surface area contributed by atoms with Crippen molar-refractivity contribution in [3.8, 4) is 0 Å². The third-order valence-electron chi connectivity index (χ3n) is 5.01. The van der Waals surface area contributed by atoms with Crippen LogP contribution in [0.2, 0.25) is 12.6 Å². The van der Waals surface area contributed by atoms with E-state index < -0.39 is 8.07 Å². The molecule has 3 heteroatoms. The number of hydrogen-bond donors (Lipinski definition) is 1. The molecule has 0 aliphatic rings. The normalized spacial score (nSPS) is 12.4. The minimum atomic E-state index is -2.03. The van der Waals surface area contributed by atoms with Crippen molar-refractivity contribution in [3.05, 3.63) is 96.6 Å². The number of hydrogen-bond acceptors (Lipinski definition) is 1. The second-order valence-electron chi connectivity index (χ2n) is 6.93. The summed E-state index contributed by atoms with van der Waals surface area (Å²) in [6, 6.07) is 32.7. The highest BCUT2D eigenvalue weighted by Gasteiger charge is 2.35. The van der Waals surface area contributed by atoms with Crippen molar-refractivity contribution in [2.45, 2.75) is 25.6 Å². The molecule has 0 heterocycles. The van der Waals surface area contributed by atoms with E-state index in [1.807, 2.05) is 18.2 Å². The minimum absolute atomic E-state index is 0.00535. The largest absolute Gasteiger partial charge is 0.350 e. The van der Waals surface area contributed by atoms with Gasteiger partial charge in [-0.2, -0.15) is 0 Å². The standard InChI is InChI=1S/C23H25NOSi/c1-19(25)24-23(20-12-6-3-7-13-20)18-26(2,21-14-8-4-9-15-21)22-16-10-5-11-17-22/h3-17,23H,18H2,1-2H3,(H,24,25). The fraction of sp³-hybridized carbons (Fsp3) is 0.174. The van der Waals surface area contributed by atoms with Gasteiger partial charge >= 0.3 is 0 Å². The Morgan fingerprint density at radius 3 is 1.65 bits per heavy atom. The molecule has 1 atom stereocenters. The smallest absolute Gasteiger partial charge is 0.217 e. The van der Waals surface area contributed by atoms with Crippen molar-refractivity contribution >= 4 is 24.4 Å². The van der Waals surface area contributed by atoms with Gasteiger partial charge in [0.25, 0.3) is 0 Å². The molecule has 1 amide bonds. The van der Waals surface area contributed by atoms with Crippen LogP contribution in [0.15, 0.2) is 91.0 Å². The van der Waals surface area contributed by atoms with Crippen molar-refractivity contribution in [2.24, 2.45) is 0 Å². The number of amides is 1. The molecule has 132 valence electrons. The number of carbonyl (C=O) groups excluding carboxylic acids is 1. The molecule has 3 aromatic carbocycles. The highest BCUT2D eigenvalue weighted by atomic mass is 28.3. The van der Waals surface area contributed by atoms with Crippen molar-refractivity contribution in [1.82, 2.24) is 5.32 Å². The van der Waals surface area contributed by atoms with Gasteiger partial charge in [-0.15, -0.1) is 0 Å². The second kappa shape index (κ2) is 8.15. The average molecular weight is 360 g/mol. The lowest BCUT2D eigenvalue weighted by Gasteiger charge is -2.33. The van der Waals surface area contributed by atoms with E-state index in [1.165, 1.54) is 10.4 Å². The van der Waals surface area contributed by atoms with Crippen molar-refractivity contribution in [2.75, 3.05) is 0 Å². The van der Waals surface area contributed by atoms with Crippen LogP contribution in [0.5, 0.6) is 0 Å².